The third kappa shape index (κ3) is 3.97. The maximum absolute atomic E-state index is 12.4. The minimum atomic E-state index is 0.0673. The summed E-state index contributed by atoms with van der Waals surface area (Å²) in [7, 11) is 0. The minimum Gasteiger partial charge on any atom is -0.484 e. The van der Waals surface area contributed by atoms with Crippen molar-refractivity contribution in [2.45, 2.75) is 38.5 Å². The SMILES string of the molecule is O=C(COc1ccc2c(c1)N(c1nc(-c3ccc(Cl)s3)nc3c1CCC3)CC2)N1CCCC1. The van der Waals surface area contributed by atoms with Crippen LogP contribution in [-0.4, -0.2) is 47.0 Å². The number of fused-ring (bicyclic) bond motifs is 2. The molecule has 0 spiro atoms. The molecule has 1 fully saturated rings. The number of halogens is 1. The standard InChI is InChI=1S/C25H25ClN4O2S/c26-22-9-8-21(33-22)24-27-19-5-3-4-18(19)25(28-24)30-13-10-16-6-7-17(14-20(16)30)32-15-23(31)29-11-1-2-12-29/h6-9,14H,1-5,10-13,15H2. The first-order chi connectivity index (χ1) is 16.2. The van der Waals surface area contributed by atoms with Crippen LogP contribution in [0.4, 0.5) is 11.5 Å². The van der Waals surface area contributed by atoms with E-state index < -0.39 is 0 Å². The van der Waals surface area contributed by atoms with Crippen molar-refractivity contribution >= 4 is 40.4 Å². The largest absolute Gasteiger partial charge is 0.484 e. The highest BCUT2D eigenvalue weighted by molar-refractivity contribution is 7.19. The zero-order chi connectivity index (χ0) is 22.4. The first kappa shape index (κ1) is 20.9. The van der Waals surface area contributed by atoms with Gasteiger partial charge < -0.3 is 14.5 Å². The number of likely N-dealkylation sites (tertiary alicyclic amines) is 1. The number of aromatic nitrogens is 2. The lowest BCUT2D eigenvalue weighted by atomic mass is 10.1. The van der Waals surface area contributed by atoms with Crippen LogP contribution in [0.5, 0.6) is 5.75 Å². The van der Waals surface area contributed by atoms with Crippen LogP contribution in [0.3, 0.4) is 0 Å². The van der Waals surface area contributed by atoms with Crippen LogP contribution in [0.25, 0.3) is 10.7 Å². The van der Waals surface area contributed by atoms with Crippen LogP contribution in [0.2, 0.25) is 4.34 Å². The number of nitrogens with zero attached hydrogens (tertiary/aromatic N) is 4. The van der Waals surface area contributed by atoms with Gasteiger partial charge in [-0.15, -0.1) is 11.3 Å². The highest BCUT2D eigenvalue weighted by atomic mass is 35.5. The van der Waals surface area contributed by atoms with E-state index in [1.165, 1.54) is 22.5 Å². The topological polar surface area (TPSA) is 58.6 Å². The summed E-state index contributed by atoms with van der Waals surface area (Å²) in [6, 6.07) is 10.0. The molecule has 3 aliphatic rings. The summed E-state index contributed by atoms with van der Waals surface area (Å²) in [5.74, 6) is 2.54. The maximum Gasteiger partial charge on any atom is 0.260 e. The van der Waals surface area contributed by atoms with Crippen LogP contribution in [0, 0.1) is 0 Å². The molecule has 4 heterocycles. The highest BCUT2D eigenvalue weighted by Crippen LogP contribution is 2.41. The van der Waals surface area contributed by atoms with E-state index in [0.29, 0.717) is 0 Å². The summed E-state index contributed by atoms with van der Waals surface area (Å²) in [4.78, 5) is 27.5. The molecule has 6 nitrogen and oxygen atoms in total. The lowest BCUT2D eigenvalue weighted by Gasteiger charge is -2.22. The Bertz CT molecular complexity index is 1220. The number of benzene rings is 1. The summed E-state index contributed by atoms with van der Waals surface area (Å²) >= 11 is 7.70. The molecule has 0 saturated carbocycles. The molecule has 170 valence electrons. The summed E-state index contributed by atoms with van der Waals surface area (Å²) < 4.78 is 6.66. The monoisotopic (exact) mass is 480 g/mol. The lowest BCUT2D eigenvalue weighted by molar-refractivity contribution is -0.132. The van der Waals surface area contributed by atoms with Gasteiger partial charge in [-0.25, -0.2) is 9.97 Å². The first-order valence-electron chi connectivity index (χ1n) is 11.6. The quantitative estimate of drug-likeness (QED) is 0.512. The van der Waals surface area contributed by atoms with Crippen LogP contribution >= 0.6 is 22.9 Å². The average Bonchev–Trinajstić information content (AvgIpc) is 3.63. The Morgan fingerprint density at radius 1 is 1.03 bits per heavy atom. The molecular weight excluding hydrogens is 456 g/mol. The predicted octanol–water partition coefficient (Wildman–Crippen LogP) is 5.04. The van der Waals surface area contributed by atoms with Crippen molar-refractivity contribution in [3.63, 3.8) is 0 Å². The van der Waals surface area contributed by atoms with E-state index in [1.807, 2.05) is 23.1 Å². The fourth-order valence-electron chi connectivity index (χ4n) is 5.05. The van der Waals surface area contributed by atoms with Crippen LogP contribution < -0.4 is 9.64 Å². The second kappa shape index (κ2) is 8.61. The van der Waals surface area contributed by atoms with Gasteiger partial charge in [-0.1, -0.05) is 17.7 Å². The highest BCUT2D eigenvalue weighted by Gasteiger charge is 2.29. The van der Waals surface area contributed by atoms with Gasteiger partial charge >= 0.3 is 0 Å². The minimum absolute atomic E-state index is 0.0673. The number of carbonyl (C=O) groups is 1. The Morgan fingerprint density at radius 3 is 2.73 bits per heavy atom. The van der Waals surface area contributed by atoms with Gasteiger partial charge in [0.1, 0.15) is 11.6 Å². The second-order valence-electron chi connectivity index (χ2n) is 8.82. The van der Waals surface area contributed by atoms with Crippen molar-refractivity contribution < 1.29 is 9.53 Å². The van der Waals surface area contributed by atoms with Crippen LogP contribution in [0.1, 0.15) is 36.1 Å². The molecular formula is C25H25ClN4O2S. The number of hydrogen-bond acceptors (Lipinski definition) is 6. The van der Waals surface area contributed by atoms with Gasteiger partial charge in [0, 0.05) is 42.6 Å². The van der Waals surface area contributed by atoms with Gasteiger partial charge in [0.25, 0.3) is 5.91 Å². The molecule has 0 bridgehead atoms. The number of rotatable bonds is 5. The number of thiophene rings is 1. The van der Waals surface area contributed by atoms with E-state index in [9.17, 15) is 4.79 Å². The van der Waals surface area contributed by atoms with Crippen LogP contribution in [0.15, 0.2) is 30.3 Å². The molecule has 6 rings (SSSR count). The van der Waals surface area contributed by atoms with E-state index in [1.54, 1.807) is 0 Å². The first-order valence-corrected chi connectivity index (χ1v) is 12.8. The summed E-state index contributed by atoms with van der Waals surface area (Å²) in [5, 5.41) is 0. The zero-order valence-electron chi connectivity index (χ0n) is 18.3. The molecule has 0 atom stereocenters. The number of carbonyl (C=O) groups excluding carboxylic acids is 1. The van der Waals surface area contributed by atoms with E-state index >= 15 is 0 Å². The molecule has 1 amide bonds. The third-order valence-electron chi connectivity index (χ3n) is 6.73. The fraction of sp³-hybridized carbons (Fsp3) is 0.400. The van der Waals surface area contributed by atoms with E-state index in [-0.39, 0.29) is 12.5 Å². The molecule has 2 aliphatic heterocycles. The predicted molar refractivity (Wildman–Crippen MR) is 131 cm³/mol. The van der Waals surface area contributed by atoms with Gasteiger partial charge in [-0.2, -0.15) is 0 Å². The van der Waals surface area contributed by atoms with Crippen molar-refractivity contribution in [1.29, 1.82) is 0 Å². The van der Waals surface area contributed by atoms with E-state index in [0.717, 1.165) is 96.1 Å². The number of hydrogen-bond donors (Lipinski definition) is 0. The Balaban J connectivity index is 1.30. The zero-order valence-corrected chi connectivity index (χ0v) is 19.9. The average molecular weight is 481 g/mol. The second-order valence-corrected chi connectivity index (χ2v) is 10.5. The van der Waals surface area contributed by atoms with Gasteiger partial charge in [-0.05, 0) is 62.3 Å². The molecule has 33 heavy (non-hydrogen) atoms. The Morgan fingerprint density at radius 2 is 1.91 bits per heavy atom. The Kier molecular flexibility index (Phi) is 5.46. The maximum atomic E-state index is 12.4. The Labute approximate surface area is 202 Å². The van der Waals surface area contributed by atoms with Crippen LogP contribution in [-0.2, 0) is 24.1 Å². The van der Waals surface area contributed by atoms with Gasteiger partial charge in [0.2, 0.25) is 0 Å². The van der Waals surface area contributed by atoms with Crippen molar-refractivity contribution in [2.75, 3.05) is 31.1 Å². The molecule has 1 aromatic carbocycles. The molecule has 8 heteroatoms. The summed E-state index contributed by atoms with van der Waals surface area (Å²) in [6.45, 7) is 2.65. The molecule has 3 aromatic rings. The van der Waals surface area contributed by atoms with Crippen molar-refractivity contribution in [3.8, 4) is 16.5 Å². The smallest absolute Gasteiger partial charge is 0.260 e. The van der Waals surface area contributed by atoms with Crippen molar-refractivity contribution in [3.05, 3.63) is 51.5 Å². The van der Waals surface area contributed by atoms with Gasteiger partial charge in [0.15, 0.2) is 12.4 Å². The number of anilines is 2. The number of amides is 1. The molecule has 0 N–H and O–H groups in total. The number of ether oxygens (including phenoxy) is 1. The molecule has 2 aromatic heterocycles. The van der Waals surface area contributed by atoms with E-state index in [2.05, 4.69) is 17.0 Å². The Hall–Kier alpha value is -2.64. The lowest BCUT2D eigenvalue weighted by Crippen LogP contribution is -2.32. The summed E-state index contributed by atoms with van der Waals surface area (Å²) in [5.41, 5.74) is 4.80. The van der Waals surface area contributed by atoms with Gasteiger partial charge in [0.05, 0.1) is 9.21 Å². The summed E-state index contributed by atoms with van der Waals surface area (Å²) in [6.07, 6.45) is 6.22. The van der Waals surface area contributed by atoms with Gasteiger partial charge in [-0.3, -0.25) is 4.79 Å². The molecule has 0 unspecified atom stereocenters. The number of aryl methyl sites for hydroxylation is 1. The van der Waals surface area contributed by atoms with E-state index in [4.69, 9.17) is 26.3 Å². The molecule has 1 saturated heterocycles. The third-order valence-corrected chi connectivity index (χ3v) is 7.96. The molecule has 0 radical (unpaired) electrons. The van der Waals surface area contributed by atoms with Crippen molar-refractivity contribution in [1.82, 2.24) is 14.9 Å². The fourth-order valence-corrected chi connectivity index (χ4v) is 6.03. The molecule has 1 aliphatic carbocycles. The normalized spacial score (nSPS) is 16.9. The van der Waals surface area contributed by atoms with Crippen molar-refractivity contribution in [2.24, 2.45) is 0 Å².